The Morgan fingerprint density at radius 1 is 1.00 bits per heavy atom. The molecule has 0 unspecified atom stereocenters. The van der Waals surface area contributed by atoms with E-state index in [4.69, 9.17) is 0 Å². The number of carbonyl (C=O) groups is 1. The lowest BCUT2D eigenvalue weighted by molar-refractivity contribution is 0.102. The molecule has 0 aliphatic carbocycles. The van der Waals surface area contributed by atoms with Gasteiger partial charge in [0.2, 0.25) is 0 Å². The summed E-state index contributed by atoms with van der Waals surface area (Å²) >= 11 is 1.51. The van der Waals surface area contributed by atoms with E-state index in [1.54, 1.807) is 0 Å². The van der Waals surface area contributed by atoms with Crippen molar-refractivity contribution in [2.24, 2.45) is 0 Å². The Kier molecular flexibility index (Phi) is 3.32. The molecule has 3 nitrogen and oxygen atoms in total. The first-order valence-electron chi connectivity index (χ1n) is 7.37. The molecule has 4 heteroatoms. The van der Waals surface area contributed by atoms with E-state index >= 15 is 0 Å². The summed E-state index contributed by atoms with van der Waals surface area (Å²) in [4.78, 5) is 16.9. The molecule has 1 N–H and O–H groups in total. The Morgan fingerprint density at radius 2 is 1.78 bits per heavy atom. The summed E-state index contributed by atoms with van der Waals surface area (Å²) in [6.45, 7) is 2.00. The van der Waals surface area contributed by atoms with E-state index in [9.17, 15) is 4.79 Å². The van der Waals surface area contributed by atoms with E-state index in [1.807, 2.05) is 49.4 Å². The SMILES string of the molecule is Cc1ccc(C(=O)Nc2nc3ccc4ccccc4c3s2)cc1. The van der Waals surface area contributed by atoms with Gasteiger partial charge in [-0.25, -0.2) is 4.98 Å². The first-order chi connectivity index (χ1) is 11.2. The summed E-state index contributed by atoms with van der Waals surface area (Å²) < 4.78 is 1.10. The van der Waals surface area contributed by atoms with Crippen LogP contribution in [0.5, 0.6) is 0 Å². The van der Waals surface area contributed by atoms with Crippen LogP contribution < -0.4 is 5.32 Å². The standard InChI is InChI=1S/C19H14N2OS/c1-12-6-8-14(9-7-12)18(22)21-19-20-16-11-10-13-4-2-3-5-15(13)17(16)23-19/h2-11H,1H3,(H,20,21,22). The van der Waals surface area contributed by atoms with Gasteiger partial charge in [0.05, 0.1) is 10.2 Å². The first-order valence-corrected chi connectivity index (χ1v) is 8.19. The molecule has 0 saturated carbocycles. The molecule has 4 aromatic rings. The maximum Gasteiger partial charge on any atom is 0.257 e. The number of fused-ring (bicyclic) bond motifs is 3. The molecule has 0 aliphatic heterocycles. The van der Waals surface area contributed by atoms with E-state index in [0.29, 0.717) is 10.7 Å². The number of amides is 1. The molecule has 0 spiro atoms. The van der Waals surface area contributed by atoms with Crippen molar-refractivity contribution in [3.05, 3.63) is 71.8 Å². The van der Waals surface area contributed by atoms with Gasteiger partial charge in [0.1, 0.15) is 0 Å². The van der Waals surface area contributed by atoms with E-state index in [0.717, 1.165) is 15.8 Å². The predicted molar refractivity (Wildman–Crippen MR) is 96.3 cm³/mol. The second kappa shape index (κ2) is 5.48. The molecule has 1 aromatic heterocycles. The van der Waals surface area contributed by atoms with Gasteiger partial charge < -0.3 is 0 Å². The van der Waals surface area contributed by atoms with Gasteiger partial charge in [-0.2, -0.15) is 0 Å². The number of aryl methyl sites for hydroxylation is 1. The average molecular weight is 318 g/mol. The van der Waals surface area contributed by atoms with E-state index in [1.165, 1.54) is 22.1 Å². The van der Waals surface area contributed by atoms with Crippen molar-refractivity contribution >= 4 is 43.4 Å². The van der Waals surface area contributed by atoms with E-state index < -0.39 is 0 Å². The van der Waals surface area contributed by atoms with Gasteiger partial charge in [0.25, 0.3) is 5.91 Å². The van der Waals surface area contributed by atoms with Crippen LogP contribution in [0.4, 0.5) is 5.13 Å². The van der Waals surface area contributed by atoms with Crippen molar-refractivity contribution in [1.82, 2.24) is 4.98 Å². The van der Waals surface area contributed by atoms with Crippen molar-refractivity contribution < 1.29 is 4.79 Å². The van der Waals surface area contributed by atoms with Gasteiger partial charge >= 0.3 is 0 Å². The number of nitrogens with zero attached hydrogens (tertiary/aromatic N) is 1. The quantitative estimate of drug-likeness (QED) is 0.564. The highest BCUT2D eigenvalue weighted by molar-refractivity contribution is 7.23. The Balaban J connectivity index is 1.70. The molecular formula is C19H14N2OS. The maximum atomic E-state index is 12.3. The molecule has 0 bridgehead atoms. The number of benzene rings is 3. The second-order valence-electron chi connectivity index (χ2n) is 5.47. The molecule has 1 amide bonds. The minimum absolute atomic E-state index is 0.131. The summed E-state index contributed by atoms with van der Waals surface area (Å²) in [5.74, 6) is -0.131. The zero-order valence-electron chi connectivity index (χ0n) is 12.5. The van der Waals surface area contributed by atoms with E-state index in [-0.39, 0.29) is 5.91 Å². The third-order valence-electron chi connectivity index (χ3n) is 3.81. The first kappa shape index (κ1) is 13.9. The third kappa shape index (κ3) is 2.58. The second-order valence-corrected chi connectivity index (χ2v) is 6.47. The third-order valence-corrected chi connectivity index (χ3v) is 4.83. The minimum Gasteiger partial charge on any atom is -0.298 e. The van der Waals surface area contributed by atoms with Crippen molar-refractivity contribution in [2.75, 3.05) is 5.32 Å². The number of carbonyl (C=O) groups excluding carboxylic acids is 1. The molecule has 4 rings (SSSR count). The normalized spacial score (nSPS) is 11.0. The van der Waals surface area contributed by atoms with Gasteiger partial charge in [-0.1, -0.05) is 59.4 Å². The molecule has 0 fully saturated rings. The Hall–Kier alpha value is -2.72. The largest absolute Gasteiger partial charge is 0.298 e. The van der Waals surface area contributed by atoms with Gasteiger partial charge in [0.15, 0.2) is 5.13 Å². The summed E-state index contributed by atoms with van der Waals surface area (Å²) in [5, 5.41) is 5.87. The minimum atomic E-state index is -0.131. The zero-order chi connectivity index (χ0) is 15.8. The fourth-order valence-electron chi connectivity index (χ4n) is 2.58. The lowest BCUT2D eigenvalue weighted by Gasteiger charge is -2.01. The van der Waals surface area contributed by atoms with Gasteiger partial charge in [-0.3, -0.25) is 10.1 Å². The van der Waals surface area contributed by atoms with Crippen molar-refractivity contribution in [1.29, 1.82) is 0 Å². The van der Waals surface area contributed by atoms with Gasteiger partial charge in [-0.05, 0) is 30.5 Å². The van der Waals surface area contributed by atoms with Crippen LogP contribution in [0.3, 0.4) is 0 Å². The number of hydrogen-bond acceptors (Lipinski definition) is 3. The monoisotopic (exact) mass is 318 g/mol. The number of hydrogen-bond donors (Lipinski definition) is 1. The van der Waals surface area contributed by atoms with Gasteiger partial charge in [0, 0.05) is 10.9 Å². The fraction of sp³-hybridized carbons (Fsp3) is 0.0526. The summed E-state index contributed by atoms with van der Waals surface area (Å²) in [7, 11) is 0. The lowest BCUT2D eigenvalue weighted by Crippen LogP contribution is -2.11. The Morgan fingerprint density at radius 3 is 2.61 bits per heavy atom. The Bertz CT molecular complexity index is 1020. The van der Waals surface area contributed by atoms with Crippen LogP contribution in [0.15, 0.2) is 60.7 Å². The molecule has 0 saturated heterocycles. The molecular weight excluding hydrogens is 304 g/mol. The number of anilines is 1. The van der Waals surface area contributed by atoms with Crippen LogP contribution in [-0.4, -0.2) is 10.9 Å². The summed E-state index contributed by atoms with van der Waals surface area (Å²) in [5.41, 5.74) is 2.68. The average Bonchev–Trinajstić information content (AvgIpc) is 2.98. The number of thiazole rings is 1. The highest BCUT2D eigenvalue weighted by Crippen LogP contribution is 2.32. The number of aromatic nitrogens is 1. The highest BCUT2D eigenvalue weighted by Gasteiger charge is 2.11. The molecule has 0 radical (unpaired) electrons. The van der Waals surface area contributed by atoms with Crippen molar-refractivity contribution in [3.8, 4) is 0 Å². The molecule has 3 aromatic carbocycles. The molecule has 0 atom stereocenters. The molecule has 112 valence electrons. The maximum absolute atomic E-state index is 12.3. The number of rotatable bonds is 2. The van der Waals surface area contributed by atoms with Crippen molar-refractivity contribution in [3.63, 3.8) is 0 Å². The van der Waals surface area contributed by atoms with Crippen LogP contribution >= 0.6 is 11.3 Å². The summed E-state index contributed by atoms with van der Waals surface area (Å²) in [6.07, 6.45) is 0. The number of nitrogens with one attached hydrogen (secondary N) is 1. The van der Waals surface area contributed by atoms with Crippen LogP contribution in [0.2, 0.25) is 0 Å². The van der Waals surface area contributed by atoms with Crippen molar-refractivity contribution in [2.45, 2.75) is 6.92 Å². The van der Waals surface area contributed by atoms with Crippen LogP contribution in [0.25, 0.3) is 21.0 Å². The predicted octanol–water partition coefficient (Wildman–Crippen LogP) is 5.01. The molecule has 23 heavy (non-hydrogen) atoms. The zero-order valence-corrected chi connectivity index (χ0v) is 13.4. The van der Waals surface area contributed by atoms with Crippen LogP contribution in [0, 0.1) is 6.92 Å². The molecule has 0 aliphatic rings. The van der Waals surface area contributed by atoms with Gasteiger partial charge in [-0.15, -0.1) is 0 Å². The Labute approximate surface area is 137 Å². The summed E-state index contributed by atoms with van der Waals surface area (Å²) in [6, 6.07) is 19.8. The highest BCUT2D eigenvalue weighted by atomic mass is 32.1. The smallest absolute Gasteiger partial charge is 0.257 e. The topological polar surface area (TPSA) is 42.0 Å². The molecule has 1 heterocycles. The van der Waals surface area contributed by atoms with Crippen LogP contribution in [0.1, 0.15) is 15.9 Å². The van der Waals surface area contributed by atoms with E-state index in [2.05, 4.69) is 28.5 Å². The fourth-order valence-corrected chi connectivity index (χ4v) is 3.58. The van der Waals surface area contributed by atoms with Crippen LogP contribution in [-0.2, 0) is 0 Å². The lowest BCUT2D eigenvalue weighted by atomic mass is 10.1.